The summed E-state index contributed by atoms with van der Waals surface area (Å²) in [5, 5.41) is 11.3. The van der Waals surface area contributed by atoms with Crippen LogP contribution in [0.25, 0.3) is 10.9 Å². The molecule has 3 unspecified atom stereocenters. The maximum absolute atomic E-state index is 13.5. The fourth-order valence-electron chi connectivity index (χ4n) is 4.01. The molecule has 122 valence electrons. The van der Waals surface area contributed by atoms with Gasteiger partial charge in [-0.15, -0.1) is 0 Å². The summed E-state index contributed by atoms with van der Waals surface area (Å²) >= 11 is 0. The Morgan fingerprint density at radius 2 is 2.17 bits per heavy atom. The van der Waals surface area contributed by atoms with Gasteiger partial charge < -0.3 is 14.7 Å². The van der Waals surface area contributed by atoms with Gasteiger partial charge in [0.15, 0.2) is 0 Å². The minimum absolute atomic E-state index is 0.134. The molecule has 2 aliphatic heterocycles. The molecular weight excluding hydrogens is 295 g/mol. The molecule has 0 aliphatic carbocycles. The van der Waals surface area contributed by atoms with Crippen LogP contribution in [0, 0.1) is 11.7 Å². The highest BCUT2D eigenvalue weighted by Gasteiger charge is 2.38. The Balaban J connectivity index is 1.71. The summed E-state index contributed by atoms with van der Waals surface area (Å²) < 4.78 is 19.1. The summed E-state index contributed by atoms with van der Waals surface area (Å²) in [6.07, 6.45) is 4.28. The molecular formula is C18H21FN2O2. The summed E-state index contributed by atoms with van der Waals surface area (Å²) in [6.45, 7) is 2.20. The number of rotatable bonds is 2. The molecule has 0 bridgehead atoms. The van der Waals surface area contributed by atoms with Crippen LogP contribution in [0.15, 0.2) is 30.5 Å². The van der Waals surface area contributed by atoms with Crippen LogP contribution >= 0.6 is 0 Å². The first-order valence-electron chi connectivity index (χ1n) is 8.31. The minimum atomic E-state index is -0.306. The van der Waals surface area contributed by atoms with Crippen LogP contribution < -0.4 is 4.90 Å². The van der Waals surface area contributed by atoms with E-state index in [2.05, 4.69) is 9.88 Å². The van der Waals surface area contributed by atoms with Crippen molar-refractivity contribution in [2.24, 2.45) is 5.92 Å². The molecule has 0 spiro atoms. The summed E-state index contributed by atoms with van der Waals surface area (Å²) in [7, 11) is 0. The third kappa shape index (κ3) is 2.68. The Morgan fingerprint density at radius 3 is 3.04 bits per heavy atom. The Morgan fingerprint density at radius 1 is 1.26 bits per heavy atom. The molecule has 0 saturated carbocycles. The predicted octanol–water partition coefficient (Wildman–Crippen LogP) is 2.74. The fraction of sp³-hybridized carbons (Fsp3) is 0.500. The van der Waals surface area contributed by atoms with E-state index in [0.717, 1.165) is 30.5 Å². The van der Waals surface area contributed by atoms with Gasteiger partial charge in [0, 0.05) is 48.4 Å². The second-order valence-corrected chi connectivity index (χ2v) is 6.49. The lowest BCUT2D eigenvalue weighted by molar-refractivity contribution is -0.0437. The number of nitrogens with zero attached hydrogens (tertiary/aromatic N) is 2. The number of fused-ring (bicyclic) bond motifs is 1. The molecule has 3 heterocycles. The standard InChI is InChI=1S/C18H21FN2O2/c19-12-3-4-13-15(10-12)20-7-5-17(13)21-8-1-2-16(21)14-11-23-9-6-18(14)22/h3-5,7,10,14,16,18,22H,1-2,6,8-9,11H2. The molecule has 2 fully saturated rings. The molecule has 1 aromatic carbocycles. The van der Waals surface area contributed by atoms with E-state index in [4.69, 9.17) is 4.74 Å². The average Bonchev–Trinajstić information content (AvgIpc) is 3.03. The van der Waals surface area contributed by atoms with Gasteiger partial charge in [-0.1, -0.05) is 0 Å². The number of hydrogen-bond acceptors (Lipinski definition) is 4. The lowest BCUT2D eigenvalue weighted by Crippen LogP contribution is -2.46. The van der Waals surface area contributed by atoms with E-state index in [1.54, 1.807) is 12.3 Å². The van der Waals surface area contributed by atoms with Crippen LogP contribution in [-0.2, 0) is 4.74 Å². The van der Waals surface area contributed by atoms with E-state index >= 15 is 0 Å². The van der Waals surface area contributed by atoms with Gasteiger partial charge in [0.1, 0.15) is 5.82 Å². The average molecular weight is 316 g/mol. The van der Waals surface area contributed by atoms with Crippen molar-refractivity contribution >= 4 is 16.6 Å². The van der Waals surface area contributed by atoms with Gasteiger partial charge in [0.05, 0.1) is 18.2 Å². The van der Waals surface area contributed by atoms with Crippen molar-refractivity contribution in [2.45, 2.75) is 31.4 Å². The molecule has 23 heavy (non-hydrogen) atoms. The summed E-state index contributed by atoms with van der Waals surface area (Å²) in [6, 6.07) is 7.02. The first-order chi connectivity index (χ1) is 11.2. The SMILES string of the molecule is OC1CCOCC1C1CCCN1c1ccnc2cc(F)ccc12. The Bertz CT molecular complexity index is 708. The van der Waals surface area contributed by atoms with Gasteiger partial charge in [-0.05, 0) is 37.5 Å². The highest BCUT2D eigenvalue weighted by Crippen LogP contribution is 2.36. The smallest absolute Gasteiger partial charge is 0.125 e. The molecule has 2 aliphatic rings. The van der Waals surface area contributed by atoms with E-state index in [1.807, 2.05) is 6.07 Å². The van der Waals surface area contributed by atoms with Crippen molar-refractivity contribution in [1.29, 1.82) is 0 Å². The van der Waals surface area contributed by atoms with Crippen LogP contribution in [0.2, 0.25) is 0 Å². The quantitative estimate of drug-likeness (QED) is 0.925. The lowest BCUT2D eigenvalue weighted by atomic mass is 9.89. The van der Waals surface area contributed by atoms with Gasteiger partial charge in [0.2, 0.25) is 0 Å². The van der Waals surface area contributed by atoms with Crippen LogP contribution in [0.3, 0.4) is 0 Å². The first-order valence-corrected chi connectivity index (χ1v) is 8.31. The lowest BCUT2D eigenvalue weighted by Gasteiger charge is -2.38. The van der Waals surface area contributed by atoms with E-state index in [1.165, 1.54) is 12.1 Å². The molecule has 3 atom stereocenters. The van der Waals surface area contributed by atoms with Gasteiger partial charge in [0.25, 0.3) is 0 Å². The summed E-state index contributed by atoms with van der Waals surface area (Å²) in [5.74, 6) is -0.133. The van der Waals surface area contributed by atoms with E-state index in [9.17, 15) is 9.50 Å². The number of aliphatic hydroxyl groups is 1. The highest BCUT2D eigenvalue weighted by molar-refractivity contribution is 5.91. The number of anilines is 1. The maximum atomic E-state index is 13.5. The Hall–Kier alpha value is -1.72. The third-order valence-electron chi connectivity index (χ3n) is 5.15. The van der Waals surface area contributed by atoms with Crippen molar-refractivity contribution in [3.8, 4) is 0 Å². The van der Waals surface area contributed by atoms with Gasteiger partial charge in [-0.25, -0.2) is 4.39 Å². The number of halogens is 1. The number of hydrogen-bond donors (Lipinski definition) is 1. The largest absolute Gasteiger partial charge is 0.393 e. The zero-order chi connectivity index (χ0) is 15.8. The monoisotopic (exact) mass is 316 g/mol. The van der Waals surface area contributed by atoms with Crippen molar-refractivity contribution in [2.75, 3.05) is 24.7 Å². The van der Waals surface area contributed by atoms with E-state index in [-0.39, 0.29) is 23.9 Å². The zero-order valence-electron chi connectivity index (χ0n) is 13.0. The second kappa shape index (κ2) is 6.06. The zero-order valence-corrected chi connectivity index (χ0v) is 13.0. The Kier molecular flexibility index (Phi) is 3.91. The number of benzene rings is 1. The van der Waals surface area contributed by atoms with Crippen LogP contribution in [0.4, 0.5) is 10.1 Å². The van der Waals surface area contributed by atoms with E-state index < -0.39 is 0 Å². The molecule has 0 amide bonds. The molecule has 0 radical (unpaired) electrons. The number of aromatic nitrogens is 1. The van der Waals surface area contributed by atoms with Crippen LogP contribution in [0.5, 0.6) is 0 Å². The topological polar surface area (TPSA) is 45.6 Å². The van der Waals surface area contributed by atoms with Gasteiger partial charge in [-0.2, -0.15) is 0 Å². The van der Waals surface area contributed by atoms with Gasteiger partial charge in [-0.3, -0.25) is 4.98 Å². The van der Waals surface area contributed by atoms with Crippen molar-refractivity contribution < 1.29 is 14.2 Å². The fourth-order valence-corrected chi connectivity index (χ4v) is 4.01. The molecule has 1 aromatic heterocycles. The minimum Gasteiger partial charge on any atom is -0.393 e. The predicted molar refractivity (Wildman–Crippen MR) is 87.0 cm³/mol. The second-order valence-electron chi connectivity index (χ2n) is 6.49. The van der Waals surface area contributed by atoms with Crippen molar-refractivity contribution in [3.05, 3.63) is 36.3 Å². The van der Waals surface area contributed by atoms with Gasteiger partial charge >= 0.3 is 0 Å². The molecule has 4 nitrogen and oxygen atoms in total. The first kappa shape index (κ1) is 14.8. The normalized spacial score (nSPS) is 28.4. The molecule has 2 aromatic rings. The molecule has 5 heteroatoms. The summed E-state index contributed by atoms with van der Waals surface area (Å²) in [4.78, 5) is 6.64. The number of aliphatic hydroxyl groups excluding tert-OH is 1. The number of ether oxygens (including phenoxy) is 1. The van der Waals surface area contributed by atoms with Crippen molar-refractivity contribution in [1.82, 2.24) is 4.98 Å². The highest BCUT2D eigenvalue weighted by atomic mass is 19.1. The van der Waals surface area contributed by atoms with Crippen LogP contribution in [-0.4, -0.2) is 42.0 Å². The van der Waals surface area contributed by atoms with Crippen molar-refractivity contribution in [3.63, 3.8) is 0 Å². The summed E-state index contributed by atoms with van der Waals surface area (Å²) in [5.41, 5.74) is 1.75. The molecule has 1 N–H and O–H groups in total. The molecule has 2 saturated heterocycles. The maximum Gasteiger partial charge on any atom is 0.125 e. The molecule has 4 rings (SSSR count). The Labute approximate surface area is 134 Å². The van der Waals surface area contributed by atoms with Crippen LogP contribution in [0.1, 0.15) is 19.3 Å². The third-order valence-corrected chi connectivity index (χ3v) is 5.15. The van der Waals surface area contributed by atoms with E-state index in [0.29, 0.717) is 25.2 Å². The number of pyridine rings is 1.